The van der Waals surface area contributed by atoms with E-state index in [1.54, 1.807) is 6.92 Å². The van der Waals surface area contributed by atoms with Crippen molar-refractivity contribution < 1.29 is 8.42 Å². The molecule has 4 nitrogen and oxygen atoms in total. The van der Waals surface area contributed by atoms with Crippen LogP contribution in [0.1, 0.15) is 34.1 Å². The molecule has 0 atom stereocenters. The molecule has 0 aliphatic carbocycles. The van der Waals surface area contributed by atoms with Crippen molar-refractivity contribution >= 4 is 9.84 Å². The lowest BCUT2D eigenvalue weighted by Gasteiger charge is -2.31. The standard InChI is InChI=1S/C12H28N2O2S/c1-5-14(11-12(3,4)10-13)8-7-9-17(15,16)6-2/h5-11,13H2,1-4H3. The molecule has 0 amide bonds. The van der Waals surface area contributed by atoms with Crippen LogP contribution in [-0.4, -0.2) is 51.0 Å². The quantitative estimate of drug-likeness (QED) is 0.678. The minimum atomic E-state index is -2.82. The van der Waals surface area contributed by atoms with Crippen LogP contribution < -0.4 is 5.73 Å². The second-order valence-corrected chi connectivity index (χ2v) is 7.80. The van der Waals surface area contributed by atoms with Gasteiger partial charge in [-0.3, -0.25) is 0 Å². The summed E-state index contributed by atoms with van der Waals surface area (Å²) in [6.45, 7) is 11.4. The maximum Gasteiger partial charge on any atom is 0.150 e. The molecule has 0 aromatic rings. The smallest absolute Gasteiger partial charge is 0.150 e. The molecule has 5 heteroatoms. The van der Waals surface area contributed by atoms with Gasteiger partial charge in [0.2, 0.25) is 0 Å². The van der Waals surface area contributed by atoms with E-state index < -0.39 is 9.84 Å². The second kappa shape index (κ2) is 7.34. The lowest BCUT2D eigenvalue weighted by molar-refractivity contribution is 0.191. The Bertz CT molecular complexity index is 300. The van der Waals surface area contributed by atoms with Crippen LogP contribution in [0.3, 0.4) is 0 Å². The van der Waals surface area contributed by atoms with E-state index in [-0.39, 0.29) is 11.2 Å². The van der Waals surface area contributed by atoms with Gasteiger partial charge in [-0.15, -0.1) is 0 Å². The first-order chi connectivity index (χ1) is 7.76. The molecule has 0 bridgehead atoms. The number of hydrogen-bond acceptors (Lipinski definition) is 4. The van der Waals surface area contributed by atoms with E-state index in [0.717, 1.165) is 19.6 Å². The van der Waals surface area contributed by atoms with Crippen molar-refractivity contribution in [1.29, 1.82) is 0 Å². The normalized spacial score (nSPS) is 13.3. The van der Waals surface area contributed by atoms with Crippen LogP contribution in [-0.2, 0) is 9.84 Å². The molecule has 0 saturated heterocycles. The molecule has 0 aromatic heterocycles. The molecule has 17 heavy (non-hydrogen) atoms. The highest BCUT2D eigenvalue weighted by molar-refractivity contribution is 7.91. The maximum atomic E-state index is 11.4. The molecule has 0 aliphatic heterocycles. The molecule has 0 rings (SSSR count). The zero-order valence-electron chi connectivity index (χ0n) is 11.7. The van der Waals surface area contributed by atoms with Crippen molar-refractivity contribution in [2.45, 2.75) is 34.1 Å². The number of rotatable bonds is 9. The molecular weight excluding hydrogens is 236 g/mol. The first-order valence-corrected chi connectivity index (χ1v) is 8.21. The van der Waals surface area contributed by atoms with Crippen LogP contribution in [0.15, 0.2) is 0 Å². The van der Waals surface area contributed by atoms with Crippen LogP contribution in [0.4, 0.5) is 0 Å². The van der Waals surface area contributed by atoms with Gasteiger partial charge in [0.25, 0.3) is 0 Å². The Morgan fingerprint density at radius 2 is 1.82 bits per heavy atom. The van der Waals surface area contributed by atoms with Crippen LogP contribution in [0.25, 0.3) is 0 Å². The third kappa shape index (κ3) is 7.73. The van der Waals surface area contributed by atoms with Gasteiger partial charge in [-0.25, -0.2) is 8.42 Å². The Labute approximate surface area is 106 Å². The van der Waals surface area contributed by atoms with E-state index in [0.29, 0.717) is 18.7 Å². The van der Waals surface area contributed by atoms with Crippen LogP contribution in [0, 0.1) is 5.41 Å². The average Bonchev–Trinajstić information content (AvgIpc) is 2.27. The van der Waals surface area contributed by atoms with Gasteiger partial charge in [-0.1, -0.05) is 27.7 Å². The van der Waals surface area contributed by atoms with Crippen LogP contribution in [0.5, 0.6) is 0 Å². The molecule has 0 spiro atoms. The summed E-state index contributed by atoms with van der Waals surface area (Å²) in [5.41, 5.74) is 5.80. The fourth-order valence-corrected chi connectivity index (χ4v) is 2.53. The minimum absolute atomic E-state index is 0.0969. The van der Waals surface area contributed by atoms with Crippen molar-refractivity contribution in [3.8, 4) is 0 Å². The summed E-state index contributed by atoms with van der Waals surface area (Å²) in [6.07, 6.45) is 0.713. The zero-order valence-corrected chi connectivity index (χ0v) is 12.5. The summed E-state index contributed by atoms with van der Waals surface area (Å²) >= 11 is 0. The fourth-order valence-electron chi connectivity index (χ4n) is 1.67. The highest BCUT2D eigenvalue weighted by Crippen LogP contribution is 2.14. The average molecular weight is 264 g/mol. The van der Waals surface area contributed by atoms with Gasteiger partial charge in [0.05, 0.1) is 5.75 Å². The third-order valence-electron chi connectivity index (χ3n) is 3.02. The minimum Gasteiger partial charge on any atom is -0.330 e. The first-order valence-electron chi connectivity index (χ1n) is 6.39. The van der Waals surface area contributed by atoms with Gasteiger partial charge in [0.15, 0.2) is 0 Å². The summed E-state index contributed by atoms with van der Waals surface area (Å²) < 4.78 is 22.7. The molecule has 0 aromatic carbocycles. The summed E-state index contributed by atoms with van der Waals surface area (Å²) in [6, 6.07) is 0. The Balaban J connectivity index is 4.08. The number of nitrogens with two attached hydrogens (primary N) is 1. The molecule has 2 N–H and O–H groups in total. The van der Waals surface area contributed by atoms with Crippen molar-refractivity contribution in [3.05, 3.63) is 0 Å². The van der Waals surface area contributed by atoms with Gasteiger partial charge in [-0.2, -0.15) is 0 Å². The fraction of sp³-hybridized carbons (Fsp3) is 1.00. The topological polar surface area (TPSA) is 63.4 Å². The summed E-state index contributed by atoms with van der Waals surface area (Å²) in [5, 5.41) is 0. The molecule has 0 heterocycles. The molecule has 0 aliphatic rings. The molecule has 0 saturated carbocycles. The van der Waals surface area contributed by atoms with Crippen molar-refractivity contribution in [3.63, 3.8) is 0 Å². The third-order valence-corrected chi connectivity index (χ3v) is 4.81. The highest BCUT2D eigenvalue weighted by atomic mass is 32.2. The van der Waals surface area contributed by atoms with Crippen molar-refractivity contribution in [2.24, 2.45) is 11.1 Å². The lowest BCUT2D eigenvalue weighted by Crippen LogP contribution is -2.39. The van der Waals surface area contributed by atoms with Crippen molar-refractivity contribution in [1.82, 2.24) is 4.90 Å². The van der Waals surface area contributed by atoms with Crippen molar-refractivity contribution in [2.75, 3.05) is 37.7 Å². The SMILES string of the molecule is CCN(CCCS(=O)(=O)CC)CC(C)(C)CN. The summed E-state index contributed by atoms with van der Waals surface area (Å²) in [4.78, 5) is 2.28. The van der Waals surface area contributed by atoms with Crippen LogP contribution >= 0.6 is 0 Å². The molecular formula is C12H28N2O2S. The van der Waals surface area contributed by atoms with Gasteiger partial charge in [-0.05, 0) is 31.5 Å². The van der Waals surface area contributed by atoms with E-state index in [9.17, 15) is 8.42 Å². The van der Waals surface area contributed by atoms with Gasteiger partial charge in [0.1, 0.15) is 9.84 Å². The van der Waals surface area contributed by atoms with E-state index in [1.807, 2.05) is 0 Å². The van der Waals surface area contributed by atoms with Gasteiger partial charge in [0, 0.05) is 12.3 Å². The van der Waals surface area contributed by atoms with E-state index in [2.05, 4.69) is 25.7 Å². The molecule has 104 valence electrons. The maximum absolute atomic E-state index is 11.4. The Hall–Kier alpha value is -0.130. The lowest BCUT2D eigenvalue weighted by atomic mass is 9.93. The summed E-state index contributed by atoms with van der Waals surface area (Å²) in [5.74, 6) is 0.538. The first kappa shape index (κ1) is 16.9. The number of sulfone groups is 1. The zero-order chi connectivity index (χ0) is 13.5. The van der Waals surface area contributed by atoms with Crippen LogP contribution in [0.2, 0.25) is 0 Å². The molecule has 0 radical (unpaired) electrons. The Morgan fingerprint density at radius 3 is 2.24 bits per heavy atom. The Kier molecular flexibility index (Phi) is 7.28. The number of hydrogen-bond donors (Lipinski definition) is 1. The van der Waals surface area contributed by atoms with E-state index in [4.69, 9.17) is 5.73 Å². The summed E-state index contributed by atoms with van der Waals surface area (Å²) in [7, 11) is -2.82. The highest BCUT2D eigenvalue weighted by Gasteiger charge is 2.19. The Morgan fingerprint density at radius 1 is 1.24 bits per heavy atom. The van der Waals surface area contributed by atoms with Gasteiger partial charge >= 0.3 is 0 Å². The van der Waals surface area contributed by atoms with E-state index >= 15 is 0 Å². The second-order valence-electron chi connectivity index (χ2n) is 5.33. The monoisotopic (exact) mass is 264 g/mol. The molecule has 0 fully saturated rings. The van der Waals surface area contributed by atoms with E-state index in [1.165, 1.54) is 0 Å². The predicted octanol–water partition coefficient (Wildman–Crippen LogP) is 1.12. The molecule has 0 unspecified atom stereocenters. The predicted molar refractivity (Wildman–Crippen MR) is 73.9 cm³/mol. The number of nitrogens with zero attached hydrogens (tertiary/aromatic N) is 1. The largest absolute Gasteiger partial charge is 0.330 e. The van der Waals surface area contributed by atoms with Gasteiger partial charge < -0.3 is 10.6 Å².